The van der Waals surface area contributed by atoms with Crippen LogP contribution < -0.4 is 0 Å². The summed E-state index contributed by atoms with van der Waals surface area (Å²) in [4.78, 5) is 4.50. The van der Waals surface area contributed by atoms with E-state index in [4.69, 9.17) is 12.3 Å². The molecule has 0 atom stereocenters. The van der Waals surface area contributed by atoms with Crippen molar-refractivity contribution in [3.8, 4) is 39.1 Å². The van der Waals surface area contributed by atoms with Gasteiger partial charge in [-0.1, -0.05) is 152 Å². The molecule has 0 bridgehead atoms. The molecular weight excluding hydrogens is 569 g/mol. The third-order valence-corrected chi connectivity index (χ3v) is 8.74. The third kappa shape index (κ3) is 4.30. The van der Waals surface area contributed by atoms with E-state index in [1.807, 2.05) is 42.5 Å². The molecule has 0 amide bonds. The minimum atomic E-state index is -3.09. The van der Waals surface area contributed by atoms with E-state index >= 15 is 0 Å². The van der Waals surface area contributed by atoms with Crippen molar-refractivity contribution in [1.82, 2.24) is 9.55 Å². The van der Waals surface area contributed by atoms with Crippen molar-refractivity contribution in [3.05, 3.63) is 169 Å². The van der Waals surface area contributed by atoms with E-state index in [1.54, 1.807) is 72.8 Å². The molecule has 0 aliphatic heterocycles. The summed E-state index contributed by atoms with van der Waals surface area (Å²) in [5.74, 6) is -0.345. The van der Waals surface area contributed by atoms with Crippen molar-refractivity contribution in [2.45, 2.75) is 13.2 Å². The lowest BCUT2D eigenvalue weighted by molar-refractivity contribution is 0.913. The molecule has 9 aromatic rings. The Morgan fingerprint density at radius 2 is 1.13 bits per heavy atom. The number of hydrogen-bond acceptors (Lipinski definition) is 1. The van der Waals surface area contributed by atoms with Gasteiger partial charge in [-0.3, -0.25) is 4.57 Å². The zero-order valence-corrected chi connectivity index (χ0v) is 24.9. The van der Waals surface area contributed by atoms with Crippen molar-refractivity contribution >= 4 is 43.4 Å². The summed E-state index contributed by atoms with van der Waals surface area (Å²) < 4.78 is 117. The SMILES string of the molecule is [2H]c1c([2H])c([2H])c2c(-c3ccc(-n4c(C([2H])([2H])C([2H])([2H])[2H])nc5ccccc54)c4ccccc34)c3c([2H])c([2H])c([2H])c([2H])c3c(-c3ccccc3-c3ccccc3)c2c1[2H]. The lowest BCUT2D eigenvalue weighted by atomic mass is 9.83. The molecule has 0 aliphatic rings. The fraction of sp³-hybridized carbons (Fsp3) is 0.0444. The Labute approximate surface area is 292 Å². The first kappa shape index (κ1) is 17.1. The van der Waals surface area contributed by atoms with E-state index in [9.17, 15) is 5.48 Å². The number of benzene rings is 8. The summed E-state index contributed by atoms with van der Waals surface area (Å²) in [7, 11) is 0. The molecule has 0 saturated carbocycles. The lowest BCUT2D eigenvalue weighted by Crippen LogP contribution is -2.01. The highest BCUT2D eigenvalue weighted by Crippen LogP contribution is 2.47. The molecule has 0 spiro atoms. The molecule has 2 nitrogen and oxygen atoms in total. The fourth-order valence-corrected chi connectivity index (χ4v) is 6.78. The van der Waals surface area contributed by atoms with Crippen LogP contribution in [0, 0.1) is 0 Å². The monoisotopic (exact) mass is 613 g/mol. The van der Waals surface area contributed by atoms with Crippen molar-refractivity contribution < 1.29 is 17.8 Å². The van der Waals surface area contributed by atoms with Crippen molar-refractivity contribution in [1.29, 1.82) is 0 Å². The van der Waals surface area contributed by atoms with Gasteiger partial charge in [-0.2, -0.15) is 0 Å². The summed E-state index contributed by atoms with van der Waals surface area (Å²) in [5, 5.41) is 1.19. The van der Waals surface area contributed by atoms with Crippen LogP contribution >= 0.6 is 0 Å². The summed E-state index contributed by atoms with van der Waals surface area (Å²) >= 11 is 0. The van der Waals surface area contributed by atoms with Crippen LogP contribution in [-0.2, 0) is 6.37 Å². The van der Waals surface area contributed by atoms with Crippen LogP contribution in [0.3, 0.4) is 0 Å². The summed E-state index contributed by atoms with van der Waals surface area (Å²) in [6.45, 7) is -3.09. The summed E-state index contributed by atoms with van der Waals surface area (Å²) in [6.07, 6.45) is -2.89. The van der Waals surface area contributed by atoms with Crippen LogP contribution in [0.15, 0.2) is 164 Å². The van der Waals surface area contributed by atoms with Crippen LogP contribution in [-0.4, -0.2) is 9.55 Å². The molecule has 8 aromatic carbocycles. The number of aromatic nitrogens is 2. The van der Waals surface area contributed by atoms with Gasteiger partial charge in [-0.15, -0.1) is 0 Å². The van der Waals surface area contributed by atoms with Crippen LogP contribution in [0.5, 0.6) is 0 Å². The number of rotatable bonds is 5. The molecule has 0 radical (unpaired) electrons. The van der Waals surface area contributed by atoms with Gasteiger partial charge in [0.15, 0.2) is 0 Å². The Bertz CT molecular complexity index is 3180. The molecule has 1 aromatic heterocycles. The molecule has 222 valence electrons. The maximum absolute atomic E-state index is 9.51. The number of hydrogen-bond donors (Lipinski definition) is 0. The number of fused-ring (bicyclic) bond motifs is 4. The fourth-order valence-electron chi connectivity index (χ4n) is 6.78. The number of imidazole rings is 1. The van der Waals surface area contributed by atoms with Crippen LogP contribution in [0.4, 0.5) is 0 Å². The van der Waals surface area contributed by atoms with Gasteiger partial charge in [0.2, 0.25) is 0 Å². The van der Waals surface area contributed by atoms with E-state index < -0.39 is 49.5 Å². The van der Waals surface area contributed by atoms with Crippen LogP contribution in [0.25, 0.3) is 82.4 Å². The maximum Gasteiger partial charge on any atom is 0.114 e. The first-order valence-corrected chi connectivity index (χ1v) is 15.2. The van der Waals surface area contributed by atoms with Gasteiger partial charge in [-0.05, 0) is 78.5 Å². The number of nitrogens with zero attached hydrogens (tertiary/aromatic N) is 2. The molecule has 0 saturated heterocycles. The van der Waals surface area contributed by atoms with Crippen molar-refractivity contribution in [3.63, 3.8) is 0 Å². The van der Waals surface area contributed by atoms with E-state index in [0.717, 1.165) is 5.56 Å². The highest BCUT2D eigenvalue weighted by atomic mass is 15.1. The molecule has 1 heterocycles. The quantitative estimate of drug-likeness (QED) is 0.177. The topological polar surface area (TPSA) is 17.8 Å². The minimum Gasteiger partial charge on any atom is -0.296 e. The van der Waals surface area contributed by atoms with Gasteiger partial charge in [0.25, 0.3) is 0 Å². The highest BCUT2D eigenvalue weighted by Gasteiger charge is 2.21. The smallest absolute Gasteiger partial charge is 0.114 e. The molecule has 0 aliphatic carbocycles. The zero-order valence-electron chi connectivity index (χ0n) is 37.9. The Hall–Kier alpha value is -5.99. The second-order valence-corrected chi connectivity index (χ2v) is 11.2. The van der Waals surface area contributed by atoms with Crippen LogP contribution in [0.1, 0.15) is 30.5 Å². The second kappa shape index (κ2) is 11.1. The number of para-hydroxylation sites is 2. The van der Waals surface area contributed by atoms with E-state index in [1.165, 1.54) is 4.57 Å². The third-order valence-electron chi connectivity index (χ3n) is 8.74. The first-order chi connectivity index (χ1) is 28.6. The average molecular weight is 614 g/mol. The van der Waals surface area contributed by atoms with Gasteiger partial charge >= 0.3 is 0 Å². The molecule has 0 N–H and O–H groups in total. The van der Waals surface area contributed by atoms with Gasteiger partial charge < -0.3 is 0 Å². The van der Waals surface area contributed by atoms with Gasteiger partial charge in [0.1, 0.15) is 5.82 Å². The number of aryl methyl sites for hydroxylation is 1. The molecule has 47 heavy (non-hydrogen) atoms. The normalized spacial score (nSPS) is 16.1. The van der Waals surface area contributed by atoms with Crippen molar-refractivity contribution in [2.75, 3.05) is 0 Å². The molecule has 0 fully saturated rings. The molecular formula is C45H32N2. The van der Waals surface area contributed by atoms with Gasteiger partial charge in [-0.25, -0.2) is 4.98 Å². The highest BCUT2D eigenvalue weighted by molar-refractivity contribution is 6.24. The first-order valence-electron chi connectivity index (χ1n) is 21.7. The predicted octanol–water partition coefficient (Wildman–Crippen LogP) is 12.0. The Morgan fingerprint density at radius 3 is 1.83 bits per heavy atom. The van der Waals surface area contributed by atoms with Crippen molar-refractivity contribution in [2.24, 2.45) is 0 Å². The Kier molecular flexibility index (Phi) is 4.04. The van der Waals surface area contributed by atoms with E-state index in [0.29, 0.717) is 44.2 Å². The van der Waals surface area contributed by atoms with E-state index in [-0.39, 0.29) is 50.6 Å². The second-order valence-electron chi connectivity index (χ2n) is 11.2. The molecule has 0 unspecified atom stereocenters. The minimum absolute atomic E-state index is 0.0433. The lowest BCUT2D eigenvalue weighted by Gasteiger charge is -2.21. The Balaban J connectivity index is 1.50. The molecule has 2 heteroatoms. The largest absolute Gasteiger partial charge is 0.296 e. The Morgan fingerprint density at radius 1 is 0.553 bits per heavy atom. The standard InChI is InChI=1S/C45H32N2/c1-2-43-46-40-26-14-15-27-42(40)47(43)41-29-28-39(32-19-7-8-20-33(32)41)45-37-24-12-10-22-35(37)44(36-23-11-13-25-38(36)45)34-21-9-6-18-31(34)30-16-4-3-5-17-30/h3-29H,2H2,1H3/i1D3,2D2,10D,11D,12D,13D,22D,23D,24D,25D. The predicted molar refractivity (Wildman–Crippen MR) is 199 cm³/mol. The van der Waals surface area contributed by atoms with E-state index in [2.05, 4.69) is 4.98 Å². The van der Waals surface area contributed by atoms with Gasteiger partial charge in [0, 0.05) is 18.6 Å². The maximum atomic E-state index is 9.51. The zero-order chi connectivity index (χ0) is 42.6. The molecule has 9 rings (SSSR count). The summed E-state index contributed by atoms with van der Waals surface area (Å²) in [5.41, 5.74) is 3.90. The average Bonchev–Trinajstić information content (AvgIpc) is 3.65. The van der Waals surface area contributed by atoms with Gasteiger partial charge in [0.05, 0.1) is 27.7 Å². The van der Waals surface area contributed by atoms with Crippen LogP contribution in [0.2, 0.25) is 0 Å². The summed E-state index contributed by atoms with van der Waals surface area (Å²) in [6, 6.07) is 30.2.